The van der Waals surface area contributed by atoms with Gasteiger partial charge in [-0.25, -0.2) is 14.0 Å². The number of benzene rings is 1. The fourth-order valence-electron chi connectivity index (χ4n) is 4.17. The Hall–Kier alpha value is -3.23. The number of nitrogens with one attached hydrogen (secondary N) is 1. The number of piperidine rings is 1. The first-order valence-corrected chi connectivity index (χ1v) is 10.8. The van der Waals surface area contributed by atoms with Crippen LogP contribution < -0.4 is 10.1 Å². The van der Waals surface area contributed by atoms with Crippen molar-refractivity contribution in [1.29, 1.82) is 5.26 Å². The molecule has 1 N–H and O–H groups in total. The number of ether oxygens (including phenoxy) is 2. The van der Waals surface area contributed by atoms with Crippen LogP contribution in [0.4, 0.5) is 27.2 Å². The highest BCUT2D eigenvalue weighted by Crippen LogP contribution is 2.34. The van der Waals surface area contributed by atoms with Crippen molar-refractivity contribution in [3.63, 3.8) is 0 Å². The van der Waals surface area contributed by atoms with Gasteiger partial charge >= 0.3 is 18.5 Å². The average Bonchev–Trinajstić information content (AvgIpc) is 3.61. The first-order chi connectivity index (χ1) is 16.0. The monoisotopic (exact) mass is 486 g/mol. The summed E-state index contributed by atoms with van der Waals surface area (Å²) >= 11 is 0. The van der Waals surface area contributed by atoms with Crippen molar-refractivity contribution >= 4 is 12.1 Å². The molecular weight excluding hydrogens is 460 g/mol. The molecule has 3 amide bonds. The molecule has 1 saturated carbocycles. The van der Waals surface area contributed by atoms with E-state index in [2.05, 4.69) is 16.1 Å². The number of nitriles is 1. The SMILES string of the molecule is COC(=O)N1CC([C@@H](C)C#N)C[C@@H](N(C(=O)NCc2ccc(OC(F)(F)F)cc2F)C2CC2)C1. The number of hydrogen-bond acceptors (Lipinski definition) is 5. The van der Waals surface area contributed by atoms with Gasteiger partial charge in [0.2, 0.25) is 0 Å². The maximum Gasteiger partial charge on any atom is 0.573 e. The molecule has 8 nitrogen and oxygen atoms in total. The van der Waals surface area contributed by atoms with E-state index in [0.29, 0.717) is 19.0 Å². The molecule has 34 heavy (non-hydrogen) atoms. The van der Waals surface area contributed by atoms with Gasteiger partial charge in [-0.1, -0.05) is 6.07 Å². The Kier molecular flexibility index (Phi) is 7.74. The number of amides is 3. The Morgan fingerprint density at radius 1 is 1.29 bits per heavy atom. The molecule has 1 unspecified atom stereocenters. The van der Waals surface area contributed by atoms with Crippen molar-refractivity contribution in [2.75, 3.05) is 20.2 Å². The molecule has 3 rings (SSSR count). The Balaban J connectivity index is 1.70. The van der Waals surface area contributed by atoms with E-state index >= 15 is 0 Å². The lowest BCUT2D eigenvalue weighted by Crippen LogP contribution is -2.57. The van der Waals surface area contributed by atoms with E-state index in [1.54, 1.807) is 11.8 Å². The minimum Gasteiger partial charge on any atom is -0.453 e. The van der Waals surface area contributed by atoms with Crippen LogP contribution >= 0.6 is 0 Å². The van der Waals surface area contributed by atoms with Gasteiger partial charge in [-0.3, -0.25) is 0 Å². The lowest BCUT2D eigenvalue weighted by atomic mass is 9.84. The molecule has 2 fully saturated rings. The lowest BCUT2D eigenvalue weighted by Gasteiger charge is -2.43. The summed E-state index contributed by atoms with van der Waals surface area (Å²) in [6, 6.07) is 4.00. The van der Waals surface area contributed by atoms with E-state index in [1.807, 2.05) is 0 Å². The van der Waals surface area contributed by atoms with Crippen molar-refractivity contribution in [1.82, 2.24) is 15.1 Å². The van der Waals surface area contributed by atoms with Gasteiger partial charge in [-0.05, 0) is 38.2 Å². The summed E-state index contributed by atoms with van der Waals surface area (Å²) in [5, 5.41) is 12.0. The van der Waals surface area contributed by atoms with E-state index in [9.17, 15) is 32.4 Å². The number of methoxy groups -OCH3 is 1. The summed E-state index contributed by atoms with van der Waals surface area (Å²) in [6.07, 6.45) is -3.41. The van der Waals surface area contributed by atoms with Gasteiger partial charge < -0.3 is 24.6 Å². The first kappa shape index (κ1) is 25.4. The molecule has 186 valence electrons. The number of halogens is 4. The topological polar surface area (TPSA) is 94.9 Å². The number of likely N-dealkylation sites (tertiary alicyclic amines) is 1. The number of hydrogen-bond donors (Lipinski definition) is 1. The van der Waals surface area contributed by atoms with Gasteiger partial charge in [0.25, 0.3) is 0 Å². The maximum absolute atomic E-state index is 14.3. The standard InChI is InChI=1S/C22H26F4N4O4/c1-13(9-27)15-7-17(12-29(11-15)21(32)33-2)30(16-4-5-16)20(31)28-10-14-3-6-18(8-19(14)23)34-22(24,25)26/h3,6,8,13,15-17H,4-5,7,10-12H2,1-2H3,(H,28,31)/t13-,15?,17+/m0/s1. The van der Waals surface area contributed by atoms with Crippen molar-refractivity contribution < 1.29 is 36.6 Å². The molecular formula is C22H26F4N4O4. The first-order valence-electron chi connectivity index (χ1n) is 10.8. The van der Waals surface area contributed by atoms with Crippen LogP contribution in [0.15, 0.2) is 18.2 Å². The zero-order chi connectivity index (χ0) is 25.0. The molecule has 1 aliphatic carbocycles. The van der Waals surface area contributed by atoms with E-state index in [4.69, 9.17) is 4.74 Å². The highest BCUT2D eigenvalue weighted by atomic mass is 19.4. The smallest absolute Gasteiger partial charge is 0.453 e. The van der Waals surface area contributed by atoms with E-state index in [1.165, 1.54) is 12.0 Å². The molecule has 1 aromatic rings. The fourth-order valence-corrected chi connectivity index (χ4v) is 4.17. The normalized spacial score (nSPS) is 21.3. The van der Waals surface area contributed by atoms with Crippen molar-refractivity contribution in [3.05, 3.63) is 29.6 Å². The number of urea groups is 1. The van der Waals surface area contributed by atoms with Crippen LogP contribution in [0.2, 0.25) is 0 Å². The second-order valence-electron chi connectivity index (χ2n) is 8.54. The van der Waals surface area contributed by atoms with E-state index in [0.717, 1.165) is 25.0 Å². The van der Waals surface area contributed by atoms with Crippen LogP contribution in [0.1, 0.15) is 31.7 Å². The van der Waals surface area contributed by atoms with Crippen LogP contribution in [0.5, 0.6) is 5.75 Å². The quantitative estimate of drug-likeness (QED) is 0.613. The molecule has 12 heteroatoms. The van der Waals surface area contributed by atoms with Gasteiger partial charge in [0.15, 0.2) is 0 Å². The predicted molar refractivity (Wildman–Crippen MR) is 111 cm³/mol. The Morgan fingerprint density at radius 3 is 2.56 bits per heavy atom. The molecule has 2 aliphatic rings. The Labute approximate surface area is 194 Å². The largest absolute Gasteiger partial charge is 0.573 e. The lowest BCUT2D eigenvalue weighted by molar-refractivity contribution is -0.274. The minimum absolute atomic E-state index is 0.00516. The Morgan fingerprint density at radius 2 is 2.00 bits per heavy atom. The third-order valence-electron chi connectivity index (χ3n) is 6.06. The number of carbonyl (C=O) groups is 2. The second-order valence-corrected chi connectivity index (χ2v) is 8.54. The van der Waals surface area contributed by atoms with Crippen LogP contribution in [0.25, 0.3) is 0 Å². The number of rotatable bonds is 6. The minimum atomic E-state index is -4.94. The van der Waals surface area contributed by atoms with Crippen molar-refractivity contribution in [2.45, 2.75) is 51.2 Å². The summed E-state index contributed by atoms with van der Waals surface area (Å²) in [6.45, 7) is 2.10. The maximum atomic E-state index is 14.3. The van der Waals surface area contributed by atoms with Crippen molar-refractivity contribution in [3.8, 4) is 11.8 Å². The van der Waals surface area contributed by atoms with E-state index in [-0.39, 0.29) is 42.6 Å². The second kappa shape index (κ2) is 10.4. The van der Waals surface area contributed by atoms with Gasteiger partial charge in [0.1, 0.15) is 11.6 Å². The third kappa shape index (κ3) is 6.42. The molecule has 3 atom stereocenters. The zero-order valence-electron chi connectivity index (χ0n) is 18.8. The van der Waals surface area contributed by atoms with Gasteiger partial charge in [-0.15, -0.1) is 13.2 Å². The molecule has 0 radical (unpaired) electrons. The van der Waals surface area contributed by atoms with Crippen LogP contribution in [0.3, 0.4) is 0 Å². The van der Waals surface area contributed by atoms with Crippen LogP contribution in [-0.4, -0.2) is 60.6 Å². The molecule has 0 aromatic heterocycles. The zero-order valence-corrected chi connectivity index (χ0v) is 18.8. The summed E-state index contributed by atoms with van der Waals surface area (Å²) in [4.78, 5) is 28.4. The van der Waals surface area contributed by atoms with Crippen molar-refractivity contribution in [2.24, 2.45) is 11.8 Å². The number of nitrogens with zero attached hydrogens (tertiary/aromatic N) is 3. The van der Waals surface area contributed by atoms with E-state index < -0.39 is 30.1 Å². The highest BCUT2D eigenvalue weighted by Gasteiger charge is 2.43. The summed E-state index contributed by atoms with van der Waals surface area (Å²) in [5.74, 6) is -2.14. The molecule has 1 aliphatic heterocycles. The summed E-state index contributed by atoms with van der Waals surface area (Å²) in [5.41, 5.74) is -0.00516. The number of alkyl halides is 3. The van der Waals surface area contributed by atoms with Gasteiger partial charge in [0, 0.05) is 43.2 Å². The molecule has 1 heterocycles. The Bertz CT molecular complexity index is 948. The molecule has 0 spiro atoms. The summed E-state index contributed by atoms with van der Waals surface area (Å²) < 4.78 is 59.7. The van der Waals surface area contributed by atoms with Crippen LogP contribution in [0, 0.1) is 29.0 Å². The predicted octanol–water partition coefficient (Wildman–Crippen LogP) is 4.01. The summed E-state index contributed by atoms with van der Waals surface area (Å²) in [7, 11) is 1.26. The average molecular weight is 486 g/mol. The molecule has 0 bridgehead atoms. The molecule has 1 saturated heterocycles. The van der Waals surface area contributed by atoms with Gasteiger partial charge in [0.05, 0.1) is 19.2 Å². The van der Waals surface area contributed by atoms with Gasteiger partial charge in [-0.2, -0.15) is 5.26 Å². The van der Waals surface area contributed by atoms with Crippen LogP contribution in [-0.2, 0) is 11.3 Å². The third-order valence-corrected chi connectivity index (χ3v) is 6.06. The number of carbonyl (C=O) groups excluding carboxylic acids is 2. The highest BCUT2D eigenvalue weighted by molar-refractivity contribution is 5.75. The molecule has 1 aromatic carbocycles. The fraction of sp³-hybridized carbons (Fsp3) is 0.591.